The first kappa shape index (κ1) is 22.6. The molecule has 1 aliphatic rings. The average Bonchev–Trinajstić information content (AvgIpc) is 3.33. The van der Waals surface area contributed by atoms with Crippen LogP contribution in [0.5, 0.6) is 5.75 Å². The summed E-state index contributed by atoms with van der Waals surface area (Å²) < 4.78 is 35.1. The van der Waals surface area contributed by atoms with E-state index in [0.717, 1.165) is 16.7 Å². The van der Waals surface area contributed by atoms with Crippen LogP contribution in [-0.4, -0.2) is 41.2 Å². The molecule has 0 aliphatic carbocycles. The second-order valence-corrected chi connectivity index (χ2v) is 7.88. The topological polar surface area (TPSA) is 84.7 Å². The number of benzene rings is 2. The first-order valence-electron chi connectivity index (χ1n) is 10.4. The third-order valence-electron chi connectivity index (χ3n) is 5.68. The van der Waals surface area contributed by atoms with Crippen LogP contribution < -0.4 is 10.1 Å². The molecule has 0 fully saturated rings. The Hall–Kier alpha value is -3.59. The summed E-state index contributed by atoms with van der Waals surface area (Å²) in [6.45, 7) is 3.77. The number of carbonyl (C=O) groups excluding carboxylic acids is 2. The second kappa shape index (κ2) is 9.50. The number of aromatic nitrogens is 1. The summed E-state index contributed by atoms with van der Waals surface area (Å²) in [5, 5.41) is 2.80. The quantitative estimate of drug-likeness (QED) is 0.559. The lowest BCUT2D eigenvalue weighted by Crippen LogP contribution is -2.37. The van der Waals surface area contributed by atoms with E-state index in [1.165, 1.54) is 12.6 Å². The largest absolute Gasteiger partial charge is 0.487 e. The van der Waals surface area contributed by atoms with E-state index in [4.69, 9.17) is 9.15 Å². The Morgan fingerprint density at radius 1 is 1.27 bits per heavy atom. The number of ketones is 1. The van der Waals surface area contributed by atoms with E-state index < -0.39 is 18.9 Å². The highest BCUT2D eigenvalue weighted by Crippen LogP contribution is 2.33. The molecule has 3 aromatic rings. The molecule has 1 unspecified atom stereocenters. The summed E-state index contributed by atoms with van der Waals surface area (Å²) in [7, 11) is 0. The molecule has 1 atom stereocenters. The van der Waals surface area contributed by atoms with Crippen LogP contribution in [0.4, 0.5) is 14.5 Å². The van der Waals surface area contributed by atoms with Crippen molar-refractivity contribution < 1.29 is 27.5 Å². The third-order valence-corrected chi connectivity index (χ3v) is 5.68. The van der Waals surface area contributed by atoms with Crippen LogP contribution in [-0.2, 0) is 6.54 Å². The second-order valence-electron chi connectivity index (χ2n) is 7.88. The number of hydrogen-bond donors (Lipinski definition) is 1. The summed E-state index contributed by atoms with van der Waals surface area (Å²) in [6, 6.07) is 10.5. The van der Waals surface area contributed by atoms with E-state index in [1.54, 1.807) is 31.2 Å². The SMILES string of the molecule is Cc1cc(C(C)N2CC(=O)c3cccc(NC(=O)c4cnco4)c3C2)ccc1OCC(F)F. The van der Waals surface area contributed by atoms with Gasteiger partial charge in [-0.05, 0) is 37.1 Å². The van der Waals surface area contributed by atoms with Gasteiger partial charge in [0.1, 0.15) is 12.4 Å². The molecule has 0 radical (unpaired) electrons. The highest BCUT2D eigenvalue weighted by Gasteiger charge is 2.29. The molecule has 1 aliphatic heterocycles. The summed E-state index contributed by atoms with van der Waals surface area (Å²) in [6.07, 6.45) is -0.0452. The lowest BCUT2D eigenvalue weighted by atomic mass is 9.94. The van der Waals surface area contributed by atoms with Gasteiger partial charge in [0.15, 0.2) is 12.2 Å². The maximum atomic E-state index is 12.9. The van der Waals surface area contributed by atoms with E-state index >= 15 is 0 Å². The molecule has 1 amide bonds. The third kappa shape index (κ3) is 4.93. The Morgan fingerprint density at radius 3 is 2.79 bits per heavy atom. The zero-order valence-electron chi connectivity index (χ0n) is 18.2. The van der Waals surface area contributed by atoms with Gasteiger partial charge in [0.2, 0.25) is 5.76 Å². The number of aryl methyl sites for hydroxylation is 1. The van der Waals surface area contributed by atoms with Gasteiger partial charge in [-0.1, -0.05) is 24.3 Å². The minimum Gasteiger partial charge on any atom is -0.487 e. The Labute approximate surface area is 189 Å². The molecule has 0 spiro atoms. The molecule has 172 valence electrons. The number of alkyl halides is 2. The first-order valence-corrected chi connectivity index (χ1v) is 10.4. The van der Waals surface area contributed by atoms with Gasteiger partial charge < -0.3 is 14.5 Å². The van der Waals surface area contributed by atoms with Gasteiger partial charge in [-0.2, -0.15) is 0 Å². The predicted octanol–water partition coefficient (Wildman–Crippen LogP) is 4.64. The standard InChI is InChI=1S/C24H23F2N3O4/c1-14-8-16(6-7-21(14)32-12-23(25)26)15(2)29-10-18-17(20(30)11-29)4-3-5-19(18)28-24(31)22-9-27-13-33-22/h3-9,13,15,23H,10-12H2,1-2H3,(H,28,31). The number of amides is 1. The Balaban J connectivity index is 1.55. The zero-order valence-corrected chi connectivity index (χ0v) is 18.2. The van der Waals surface area contributed by atoms with E-state index in [-0.39, 0.29) is 24.1 Å². The van der Waals surface area contributed by atoms with E-state index in [0.29, 0.717) is 23.5 Å². The Morgan fingerprint density at radius 2 is 2.09 bits per heavy atom. The molecular formula is C24H23F2N3O4. The number of fused-ring (bicyclic) bond motifs is 1. The molecule has 1 aromatic heterocycles. The molecule has 2 aromatic carbocycles. The number of hydrogen-bond acceptors (Lipinski definition) is 6. The molecule has 0 saturated carbocycles. The van der Waals surface area contributed by atoms with Crippen molar-refractivity contribution in [1.82, 2.24) is 9.88 Å². The monoisotopic (exact) mass is 455 g/mol. The van der Waals surface area contributed by atoms with Gasteiger partial charge in [0.05, 0.1) is 12.7 Å². The van der Waals surface area contributed by atoms with Crippen LogP contribution >= 0.6 is 0 Å². The number of halogens is 2. The van der Waals surface area contributed by atoms with Crippen molar-refractivity contribution >= 4 is 17.4 Å². The highest BCUT2D eigenvalue weighted by molar-refractivity contribution is 6.05. The molecule has 9 heteroatoms. The van der Waals surface area contributed by atoms with Crippen LogP contribution in [0.2, 0.25) is 0 Å². The number of oxazole rings is 1. The number of nitrogens with zero attached hydrogens (tertiary/aromatic N) is 2. The fourth-order valence-corrected chi connectivity index (χ4v) is 3.91. The zero-order chi connectivity index (χ0) is 23.5. The van der Waals surface area contributed by atoms with Crippen molar-refractivity contribution in [3.05, 3.63) is 77.0 Å². The van der Waals surface area contributed by atoms with Gasteiger partial charge in [0, 0.05) is 29.4 Å². The maximum Gasteiger partial charge on any atom is 0.293 e. The fraction of sp³-hybridized carbons (Fsp3) is 0.292. The predicted molar refractivity (Wildman–Crippen MR) is 117 cm³/mol. The molecule has 7 nitrogen and oxygen atoms in total. The van der Waals surface area contributed by atoms with Crippen LogP contribution in [0.25, 0.3) is 0 Å². The van der Waals surface area contributed by atoms with Crippen molar-refractivity contribution in [1.29, 1.82) is 0 Å². The number of Topliss-reactive ketones (excluding diaryl/α,β-unsaturated/α-hetero) is 1. The van der Waals surface area contributed by atoms with Crippen LogP contribution in [0, 0.1) is 6.92 Å². The summed E-state index contributed by atoms with van der Waals surface area (Å²) in [4.78, 5) is 31.1. The van der Waals surface area contributed by atoms with Crippen LogP contribution in [0.3, 0.4) is 0 Å². The highest BCUT2D eigenvalue weighted by atomic mass is 19.3. The molecule has 2 heterocycles. The van der Waals surface area contributed by atoms with Crippen LogP contribution in [0.15, 0.2) is 53.4 Å². The lowest BCUT2D eigenvalue weighted by Gasteiger charge is -2.34. The normalized spacial score (nSPS) is 14.8. The minimum absolute atomic E-state index is 0.0486. The number of anilines is 1. The Bertz CT molecular complexity index is 1160. The molecule has 0 saturated heterocycles. The number of carbonyl (C=O) groups is 2. The van der Waals surface area contributed by atoms with Crippen molar-refractivity contribution in [2.75, 3.05) is 18.5 Å². The number of rotatable bonds is 7. The fourth-order valence-electron chi connectivity index (χ4n) is 3.91. The van der Waals surface area contributed by atoms with Crippen LogP contribution in [0.1, 0.15) is 50.6 Å². The smallest absolute Gasteiger partial charge is 0.293 e. The van der Waals surface area contributed by atoms with Crippen molar-refractivity contribution in [3.63, 3.8) is 0 Å². The van der Waals surface area contributed by atoms with Crippen molar-refractivity contribution in [2.45, 2.75) is 32.9 Å². The molecule has 4 rings (SSSR count). The molecular weight excluding hydrogens is 432 g/mol. The first-order chi connectivity index (χ1) is 15.8. The van der Waals surface area contributed by atoms with Crippen molar-refractivity contribution in [3.8, 4) is 5.75 Å². The maximum absolute atomic E-state index is 12.9. The number of ether oxygens (including phenoxy) is 1. The van der Waals surface area contributed by atoms with Gasteiger partial charge in [0.25, 0.3) is 12.3 Å². The lowest BCUT2D eigenvalue weighted by molar-refractivity contribution is 0.0815. The van der Waals surface area contributed by atoms with E-state index in [9.17, 15) is 18.4 Å². The van der Waals surface area contributed by atoms with Gasteiger partial charge in [-0.25, -0.2) is 13.8 Å². The van der Waals surface area contributed by atoms with Crippen molar-refractivity contribution in [2.24, 2.45) is 0 Å². The summed E-state index contributed by atoms with van der Waals surface area (Å²) in [5.74, 6) is -0.0191. The molecule has 1 N–H and O–H groups in total. The van der Waals surface area contributed by atoms with Gasteiger partial charge >= 0.3 is 0 Å². The Kier molecular flexibility index (Phi) is 6.50. The summed E-state index contributed by atoms with van der Waals surface area (Å²) in [5.41, 5.74) is 3.49. The van der Waals surface area contributed by atoms with Gasteiger partial charge in [-0.15, -0.1) is 0 Å². The number of nitrogens with one attached hydrogen (secondary N) is 1. The van der Waals surface area contributed by atoms with E-state index in [1.807, 2.05) is 24.0 Å². The van der Waals surface area contributed by atoms with Gasteiger partial charge in [-0.3, -0.25) is 14.5 Å². The minimum atomic E-state index is -2.54. The molecule has 33 heavy (non-hydrogen) atoms. The molecule has 0 bridgehead atoms. The van der Waals surface area contributed by atoms with E-state index in [2.05, 4.69) is 10.3 Å². The average molecular weight is 455 g/mol. The summed E-state index contributed by atoms with van der Waals surface area (Å²) >= 11 is 0.